The SMILES string of the molecule is O=C(Cc1ccc(C(F)(F)F)cc1)N1CCSC1c1ccccc1. The van der Waals surface area contributed by atoms with Crippen LogP contribution in [0.4, 0.5) is 13.2 Å². The molecule has 1 saturated heterocycles. The van der Waals surface area contributed by atoms with Crippen LogP contribution < -0.4 is 0 Å². The Labute approximate surface area is 142 Å². The van der Waals surface area contributed by atoms with E-state index in [4.69, 9.17) is 0 Å². The van der Waals surface area contributed by atoms with Crippen molar-refractivity contribution >= 4 is 17.7 Å². The number of hydrogen-bond acceptors (Lipinski definition) is 2. The summed E-state index contributed by atoms with van der Waals surface area (Å²) in [7, 11) is 0. The van der Waals surface area contributed by atoms with Gasteiger partial charge in [0.25, 0.3) is 0 Å². The van der Waals surface area contributed by atoms with E-state index >= 15 is 0 Å². The van der Waals surface area contributed by atoms with Crippen molar-refractivity contribution in [1.29, 1.82) is 0 Å². The molecule has 0 spiro atoms. The fourth-order valence-electron chi connectivity index (χ4n) is 2.71. The second-order valence-electron chi connectivity index (χ2n) is 5.59. The number of hydrogen-bond donors (Lipinski definition) is 0. The highest BCUT2D eigenvalue weighted by molar-refractivity contribution is 7.99. The van der Waals surface area contributed by atoms with Gasteiger partial charge in [-0.2, -0.15) is 13.2 Å². The molecule has 0 saturated carbocycles. The maximum absolute atomic E-state index is 12.6. The minimum atomic E-state index is -4.35. The summed E-state index contributed by atoms with van der Waals surface area (Å²) in [5.41, 5.74) is 0.968. The lowest BCUT2D eigenvalue weighted by Crippen LogP contribution is -2.31. The molecule has 6 heteroatoms. The zero-order valence-corrected chi connectivity index (χ0v) is 13.6. The number of halogens is 3. The lowest BCUT2D eigenvalue weighted by atomic mass is 10.1. The molecule has 0 aromatic heterocycles. The van der Waals surface area contributed by atoms with E-state index in [0.717, 1.165) is 23.4 Å². The average molecular weight is 351 g/mol. The molecular formula is C18H16F3NOS. The molecule has 0 radical (unpaired) electrons. The standard InChI is InChI=1S/C18H16F3NOS/c19-18(20,21)15-8-6-13(7-9-15)12-16(23)22-10-11-24-17(22)14-4-2-1-3-5-14/h1-9,17H,10-12H2. The van der Waals surface area contributed by atoms with Crippen molar-refractivity contribution in [2.45, 2.75) is 18.0 Å². The van der Waals surface area contributed by atoms with Gasteiger partial charge in [-0.05, 0) is 23.3 Å². The van der Waals surface area contributed by atoms with Crippen molar-refractivity contribution in [2.75, 3.05) is 12.3 Å². The Bertz CT molecular complexity index is 700. The van der Waals surface area contributed by atoms with E-state index in [0.29, 0.717) is 12.1 Å². The number of carbonyl (C=O) groups excluding carboxylic acids is 1. The Morgan fingerprint density at radius 2 is 1.75 bits per heavy atom. The fourth-order valence-corrected chi connectivity index (χ4v) is 3.98. The predicted octanol–water partition coefficient (Wildman–Crippen LogP) is 4.52. The van der Waals surface area contributed by atoms with Gasteiger partial charge < -0.3 is 4.90 Å². The first-order valence-corrected chi connectivity index (χ1v) is 8.62. The molecule has 1 unspecified atom stereocenters. The summed E-state index contributed by atoms with van der Waals surface area (Å²) in [6.07, 6.45) is -4.24. The van der Waals surface area contributed by atoms with Gasteiger partial charge in [-0.25, -0.2) is 0 Å². The van der Waals surface area contributed by atoms with Crippen LogP contribution in [0.3, 0.4) is 0 Å². The molecule has 126 valence electrons. The first-order valence-electron chi connectivity index (χ1n) is 7.57. The molecule has 0 N–H and O–H groups in total. The van der Waals surface area contributed by atoms with E-state index in [2.05, 4.69) is 0 Å². The van der Waals surface area contributed by atoms with Crippen molar-refractivity contribution in [2.24, 2.45) is 0 Å². The molecule has 1 amide bonds. The molecular weight excluding hydrogens is 335 g/mol. The Balaban J connectivity index is 1.70. The zero-order valence-electron chi connectivity index (χ0n) is 12.8. The van der Waals surface area contributed by atoms with Crippen LogP contribution in [0.5, 0.6) is 0 Å². The van der Waals surface area contributed by atoms with Crippen LogP contribution in [0.2, 0.25) is 0 Å². The van der Waals surface area contributed by atoms with Crippen LogP contribution in [0, 0.1) is 0 Å². The highest BCUT2D eigenvalue weighted by Gasteiger charge is 2.31. The van der Waals surface area contributed by atoms with Crippen LogP contribution in [0.15, 0.2) is 54.6 Å². The summed E-state index contributed by atoms with van der Waals surface area (Å²) in [5, 5.41) is -0.0202. The number of amides is 1. The van der Waals surface area contributed by atoms with Crippen molar-refractivity contribution < 1.29 is 18.0 Å². The minimum Gasteiger partial charge on any atom is -0.325 e. The van der Waals surface area contributed by atoms with Gasteiger partial charge in [-0.3, -0.25) is 4.79 Å². The van der Waals surface area contributed by atoms with Gasteiger partial charge in [0, 0.05) is 12.3 Å². The molecule has 1 heterocycles. The van der Waals surface area contributed by atoms with Crippen LogP contribution in [-0.4, -0.2) is 23.1 Å². The Morgan fingerprint density at radius 1 is 1.08 bits per heavy atom. The number of alkyl halides is 3. The summed E-state index contributed by atoms with van der Waals surface area (Å²) < 4.78 is 37.8. The summed E-state index contributed by atoms with van der Waals surface area (Å²) in [4.78, 5) is 14.4. The Morgan fingerprint density at radius 3 is 2.38 bits per heavy atom. The van der Waals surface area contributed by atoms with Crippen LogP contribution in [-0.2, 0) is 17.4 Å². The first kappa shape index (κ1) is 16.9. The average Bonchev–Trinajstić information content (AvgIpc) is 3.05. The van der Waals surface area contributed by atoms with Crippen molar-refractivity contribution in [3.05, 3.63) is 71.3 Å². The minimum absolute atomic E-state index is 0.0202. The van der Waals surface area contributed by atoms with Gasteiger partial charge in [0.1, 0.15) is 5.37 Å². The number of thioether (sulfide) groups is 1. The third-order valence-corrected chi connectivity index (χ3v) is 5.19. The van der Waals surface area contributed by atoms with Crippen molar-refractivity contribution in [3.63, 3.8) is 0 Å². The third-order valence-electron chi connectivity index (χ3n) is 3.93. The number of rotatable bonds is 3. The summed E-state index contributed by atoms with van der Waals surface area (Å²) in [6, 6.07) is 14.6. The fraction of sp³-hybridized carbons (Fsp3) is 0.278. The lowest BCUT2D eigenvalue weighted by molar-refractivity contribution is -0.137. The van der Waals surface area contributed by atoms with E-state index < -0.39 is 11.7 Å². The van der Waals surface area contributed by atoms with E-state index in [9.17, 15) is 18.0 Å². The van der Waals surface area contributed by atoms with Crippen molar-refractivity contribution in [1.82, 2.24) is 4.90 Å². The molecule has 24 heavy (non-hydrogen) atoms. The Hall–Kier alpha value is -1.95. The van der Waals surface area contributed by atoms with Gasteiger partial charge in [0.2, 0.25) is 5.91 Å². The summed E-state index contributed by atoms with van der Waals surface area (Å²) >= 11 is 1.70. The van der Waals surface area contributed by atoms with Crippen LogP contribution >= 0.6 is 11.8 Å². The first-order chi connectivity index (χ1) is 11.4. The van der Waals surface area contributed by atoms with E-state index in [1.807, 2.05) is 30.3 Å². The number of benzene rings is 2. The van der Waals surface area contributed by atoms with Crippen LogP contribution in [0.1, 0.15) is 22.1 Å². The maximum Gasteiger partial charge on any atom is 0.416 e. The maximum atomic E-state index is 12.6. The smallest absolute Gasteiger partial charge is 0.325 e. The van der Waals surface area contributed by atoms with Gasteiger partial charge in [-0.15, -0.1) is 11.8 Å². The molecule has 2 aromatic carbocycles. The normalized spacial score (nSPS) is 18.0. The second kappa shape index (κ2) is 6.89. The quantitative estimate of drug-likeness (QED) is 0.810. The summed E-state index contributed by atoms with van der Waals surface area (Å²) in [5.74, 6) is 0.798. The lowest BCUT2D eigenvalue weighted by Gasteiger charge is -2.24. The second-order valence-corrected chi connectivity index (χ2v) is 6.78. The molecule has 1 fully saturated rings. The predicted molar refractivity (Wildman–Crippen MR) is 88.5 cm³/mol. The van der Waals surface area contributed by atoms with E-state index in [-0.39, 0.29) is 17.7 Å². The van der Waals surface area contributed by atoms with Gasteiger partial charge in [0.15, 0.2) is 0 Å². The zero-order chi connectivity index (χ0) is 17.2. The van der Waals surface area contributed by atoms with Gasteiger partial charge in [-0.1, -0.05) is 42.5 Å². The van der Waals surface area contributed by atoms with Gasteiger partial charge in [0.05, 0.1) is 12.0 Å². The molecule has 3 rings (SSSR count). The van der Waals surface area contributed by atoms with Crippen molar-refractivity contribution in [3.8, 4) is 0 Å². The van der Waals surface area contributed by atoms with E-state index in [1.165, 1.54) is 12.1 Å². The molecule has 0 bridgehead atoms. The largest absolute Gasteiger partial charge is 0.416 e. The molecule has 2 aromatic rings. The third kappa shape index (κ3) is 3.75. The molecule has 0 aliphatic carbocycles. The van der Waals surface area contributed by atoms with Gasteiger partial charge >= 0.3 is 6.18 Å². The van der Waals surface area contributed by atoms with Crippen LogP contribution in [0.25, 0.3) is 0 Å². The number of carbonyl (C=O) groups is 1. The highest BCUT2D eigenvalue weighted by atomic mass is 32.2. The molecule has 1 aliphatic heterocycles. The highest BCUT2D eigenvalue weighted by Crippen LogP contribution is 2.38. The van der Waals surface area contributed by atoms with E-state index in [1.54, 1.807) is 16.7 Å². The molecule has 1 atom stereocenters. The summed E-state index contributed by atoms with van der Waals surface area (Å²) in [6.45, 7) is 0.656. The molecule has 1 aliphatic rings. The monoisotopic (exact) mass is 351 g/mol. The Kier molecular flexibility index (Phi) is 4.85. The molecule has 2 nitrogen and oxygen atoms in total. The number of nitrogens with zero attached hydrogens (tertiary/aromatic N) is 1. The topological polar surface area (TPSA) is 20.3 Å².